The van der Waals surface area contributed by atoms with E-state index in [9.17, 15) is 4.79 Å². The molecule has 0 saturated carbocycles. The smallest absolute Gasteiger partial charge is 0.328 e. The highest BCUT2D eigenvalue weighted by Gasteiger charge is 2.34. The molecule has 106 valence electrons. The third kappa shape index (κ3) is 3.05. The average Bonchev–Trinajstić information content (AvgIpc) is 2.97. The first-order valence-electron chi connectivity index (χ1n) is 6.71. The van der Waals surface area contributed by atoms with Crippen LogP contribution in [0.2, 0.25) is 0 Å². The number of anilines is 1. The fourth-order valence-corrected chi connectivity index (χ4v) is 3.05. The van der Waals surface area contributed by atoms with E-state index in [1.54, 1.807) is 0 Å². The summed E-state index contributed by atoms with van der Waals surface area (Å²) in [7, 11) is 0. The Morgan fingerprint density at radius 1 is 1.53 bits per heavy atom. The normalized spacial score (nSPS) is 19.8. The molecule has 6 heteroatoms. The van der Waals surface area contributed by atoms with Crippen molar-refractivity contribution in [2.45, 2.75) is 52.0 Å². The van der Waals surface area contributed by atoms with Gasteiger partial charge in [0, 0.05) is 23.5 Å². The molecule has 0 N–H and O–H groups in total. The Kier molecular flexibility index (Phi) is 4.08. The lowest BCUT2D eigenvalue weighted by Gasteiger charge is -2.21. The number of ether oxygens (including phenoxy) is 1. The molecule has 0 aromatic carbocycles. The first-order valence-corrected chi connectivity index (χ1v) is 7.48. The van der Waals surface area contributed by atoms with Gasteiger partial charge in [-0.1, -0.05) is 20.8 Å². The molecule has 1 aromatic rings. The number of nitrogens with zero attached hydrogens (tertiary/aromatic N) is 3. The van der Waals surface area contributed by atoms with Crippen LogP contribution in [0, 0.1) is 0 Å². The zero-order valence-electron chi connectivity index (χ0n) is 12.0. The summed E-state index contributed by atoms with van der Waals surface area (Å²) < 4.78 is 9.54. The van der Waals surface area contributed by atoms with Gasteiger partial charge < -0.3 is 9.64 Å². The van der Waals surface area contributed by atoms with Gasteiger partial charge in [0.2, 0.25) is 5.13 Å². The average molecular weight is 283 g/mol. The van der Waals surface area contributed by atoms with Crippen LogP contribution in [0.1, 0.15) is 46.4 Å². The number of rotatable bonds is 3. The Bertz CT molecular complexity index is 453. The Morgan fingerprint density at radius 2 is 2.26 bits per heavy atom. The van der Waals surface area contributed by atoms with Crippen molar-refractivity contribution < 1.29 is 9.53 Å². The Labute approximate surface area is 118 Å². The summed E-state index contributed by atoms with van der Waals surface area (Å²) in [5.74, 6) is 0.689. The summed E-state index contributed by atoms with van der Waals surface area (Å²) in [4.78, 5) is 18.5. The van der Waals surface area contributed by atoms with Gasteiger partial charge in [0.25, 0.3) is 0 Å². The summed E-state index contributed by atoms with van der Waals surface area (Å²) >= 11 is 1.37. The molecule has 1 saturated heterocycles. The van der Waals surface area contributed by atoms with Gasteiger partial charge >= 0.3 is 5.97 Å². The minimum absolute atomic E-state index is 0.0616. The Balaban J connectivity index is 2.16. The molecule has 1 unspecified atom stereocenters. The standard InChI is InChI=1S/C13H21N3O2S/c1-5-18-10(17)9-7-6-8-16(9)12-14-11(15-19-12)13(2,3)4/h9H,5-8H2,1-4H3. The lowest BCUT2D eigenvalue weighted by Crippen LogP contribution is -2.37. The lowest BCUT2D eigenvalue weighted by atomic mass is 9.96. The molecular weight excluding hydrogens is 262 g/mol. The first kappa shape index (κ1) is 14.2. The van der Waals surface area contributed by atoms with Crippen molar-refractivity contribution in [1.29, 1.82) is 0 Å². The number of carbonyl (C=O) groups is 1. The van der Waals surface area contributed by atoms with Gasteiger partial charge in [0.15, 0.2) is 0 Å². The maximum atomic E-state index is 11.9. The maximum Gasteiger partial charge on any atom is 0.328 e. The summed E-state index contributed by atoms with van der Waals surface area (Å²) in [6, 6.07) is -0.194. The minimum atomic E-state index is -0.194. The van der Waals surface area contributed by atoms with Crippen molar-refractivity contribution >= 4 is 22.6 Å². The summed E-state index contributed by atoms with van der Waals surface area (Å²) in [6.45, 7) is 9.37. The van der Waals surface area contributed by atoms with E-state index in [1.807, 2.05) is 11.8 Å². The minimum Gasteiger partial charge on any atom is -0.464 e. The van der Waals surface area contributed by atoms with Gasteiger partial charge in [-0.25, -0.2) is 9.78 Å². The van der Waals surface area contributed by atoms with Crippen LogP contribution in [0.4, 0.5) is 5.13 Å². The molecule has 2 rings (SSSR count). The van der Waals surface area contributed by atoms with Crippen molar-refractivity contribution in [2.75, 3.05) is 18.1 Å². The van der Waals surface area contributed by atoms with E-state index in [0.29, 0.717) is 6.61 Å². The second kappa shape index (κ2) is 5.45. The monoisotopic (exact) mass is 283 g/mol. The third-order valence-electron chi connectivity index (χ3n) is 3.14. The van der Waals surface area contributed by atoms with Crippen molar-refractivity contribution in [3.05, 3.63) is 5.82 Å². The molecule has 0 radical (unpaired) electrons. The van der Waals surface area contributed by atoms with Gasteiger partial charge in [-0.3, -0.25) is 0 Å². The van der Waals surface area contributed by atoms with Crippen molar-refractivity contribution in [2.24, 2.45) is 0 Å². The SMILES string of the molecule is CCOC(=O)C1CCCN1c1nc(C(C)(C)C)ns1. The third-order valence-corrected chi connectivity index (χ3v) is 3.90. The lowest BCUT2D eigenvalue weighted by molar-refractivity contribution is -0.144. The molecule has 0 aliphatic carbocycles. The Morgan fingerprint density at radius 3 is 2.84 bits per heavy atom. The Hall–Kier alpha value is -1.17. The first-order chi connectivity index (χ1) is 8.93. The molecule has 0 bridgehead atoms. The predicted molar refractivity (Wildman–Crippen MR) is 75.6 cm³/mol. The zero-order chi connectivity index (χ0) is 14.0. The second-order valence-corrected chi connectivity index (χ2v) is 6.48. The van der Waals surface area contributed by atoms with E-state index in [4.69, 9.17) is 4.74 Å². The highest BCUT2D eigenvalue weighted by atomic mass is 32.1. The van der Waals surface area contributed by atoms with Crippen LogP contribution < -0.4 is 4.90 Å². The largest absolute Gasteiger partial charge is 0.464 e. The van der Waals surface area contributed by atoms with E-state index < -0.39 is 0 Å². The number of hydrogen-bond acceptors (Lipinski definition) is 6. The van der Waals surface area contributed by atoms with Crippen LogP contribution >= 0.6 is 11.5 Å². The van der Waals surface area contributed by atoms with Crippen molar-refractivity contribution in [3.8, 4) is 0 Å². The highest BCUT2D eigenvalue weighted by molar-refractivity contribution is 7.09. The predicted octanol–water partition coefficient (Wildman–Crippen LogP) is 2.37. The van der Waals surface area contributed by atoms with Crippen LogP contribution in [0.5, 0.6) is 0 Å². The van der Waals surface area contributed by atoms with Crippen LogP contribution in [-0.4, -0.2) is 34.5 Å². The maximum absolute atomic E-state index is 11.9. The van der Waals surface area contributed by atoms with E-state index >= 15 is 0 Å². The van der Waals surface area contributed by atoms with Crippen molar-refractivity contribution in [3.63, 3.8) is 0 Å². The zero-order valence-corrected chi connectivity index (χ0v) is 12.8. The summed E-state index contributed by atoms with van der Waals surface area (Å²) in [6.07, 6.45) is 1.83. The molecule has 1 aromatic heterocycles. The van der Waals surface area contributed by atoms with Gasteiger partial charge in [0.05, 0.1) is 6.61 Å². The molecule has 5 nitrogen and oxygen atoms in total. The fraction of sp³-hybridized carbons (Fsp3) is 0.769. The van der Waals surface area contributed by atoms with E-state index in [1.165, 1.54) is 11.5 Å². The van der Waals surface area contributed by atoms with Gasteiger partial charge in [-0.05, 0) is 19.8 Å². The van der Waals surface area contributed by atoms with Crippen LogP contribution in [0.15, 0.2) is 0 Å². The number of aromatic nitrogens is 2. The molecular formula is C13H21N3O2S. The second-order valence-electron chi connectivity index (χ2n) is 5.75. The summed E-state index contributed by atoms with van der Waals surface area (Å²) in [5, 5.41) is 0.834. The highest BCUT2D eigenvalue weighted by Crippen LogP contribution is 2.30. The van der Waals surface area contributed by atoms with Crippen LogP contribution in [0.3, 0.4) is 0 Å². The molecule has 19 heavy (non-hydrogen) atoms. The topological polar surface area (TPSA) is 55.3 Å². The molecule has 1 fully saturated rings. The van der Waals surface area contributed by atoms with Gasteiger partial charge in [0.1, 0.15) is 11.9 Å². The molecule has 1 aliphatic rings. The number of carbonyl (C=O) groups excluding carboxylic acids is 1. The van der Waals surface area contributed by atoms with Gasteiger partial charge in [-0.2, -0.15) is 4.37 Å². The van der Waals surface area contributed by atoms with E-state index in [0.717, 1.165) is 30.3 Å². The van der Waals surface area contributed by atoms with E-state index in [2.05, 4.69) is 30.1 Å². The number of esters is 1. The van der Waals surface area contributed by atoms with Gasteiger partial charge in [-0.15, -0.1) is 0 Å². The summed E-state index contributed by atoms with van der Waals surface area (Å²) in [5.41, 5.74) is -0.0616. The fourth-order valence-electron chi connectivity index (χ4n) is 2.12. The molecule has 2 heterocycles. The quantitative estimate of drug-likeness (QED) is 0.797. The molecule has 0 amide bonds. The van der Waals surface area contributed by atoms with Crippen LogP contribution in [0.25, 0.3) is 0 Å². The van der Waals surface area contributed by atoms with E-state index in [-0.39, 0.29) is 17.4 Å². The van der Waals surface area contributed by atoms with Crippen molar-refractivity contribution in [1.82, 2.24) is 9.36 Å². The number of hydrogen-bond donors (Lipinski definition) is 0. The molecule has 0 spiro atoms. The molecule has 1 atom stereocenters. The molecule has 1 aliphatic heterocycles. The van der Waals surface area contributed by atoms with Crippen LogP contribution in [-0.2, 0) is 14.9 Å².